The summed E-state index contributed by atoms with van der Waals surface area (Å²) in [6, 6.07) is 13.4. The lowest BCUT2D eigenvalue weighted by molar-refractivity contribution is -0.121. The predicted molar refractivity (Wildman–Crippen MR) is 99.4 cm³/mol. The Kier molecular flexibility index (Phi) is 4.85. The highest BCUT2D eigenvalue weighted by molar-refractivity contribution is 9.10. The number of hydrogen-bond donors (Lipinski definition) is 2. The second kappa shape index (κ2) is 7.06. The van der Waals surface area contributed by atoms with Crippen LogP contribution >= 0.6 is 15.9 Å². The summed E-state index contributed by atoms with van der Waals surface area (Å²) >= 11 is 3.33. The van der Waals surface area contributed by atoms with Gasteiger partial charge in [-0.15, -0.1) is 0 Å². The predicted octanol–water partition coefficient (Wildman–Crippen LogP) is 3.15. The summed E-state index contributed by atoms with van der Waals surface area (Å²) in [6.45, 7) is 1.44. The van der Waals surface area contributed by atoms with E-state index < -0.39 is 6.04 Å². The molecule has 3 amide bonds. The van der Waals surface area contributed by atoms with Gasteiger partial charge in [-0.3, -0.25) is 14.4 Å². The van der Waals surface area contributed by atoms with Crippen LogP contribution in [0.3, 0.4) is 0 Å². The number of nitrogens with zero attached hydrogens (tertiary/aromatic N) is 1. The van der Waals surface area contributed by atoms with E-state index in [2.05, 4.69) is 26.6 Å². The largest absolute Gasteiger partial charge is 0.373 e. The molecule has 2 aromatic rings. The SMILES string of the molecule is CC(=O)Nc1ccc(N[C@@H]2CC(=O)N(c3ccc(Br)cc3)C2=O)cc1. The topological polar surface area (TPSA) is 78.5 Å². The fraction of sp³-hybridized carbons (Fsp3) is 0.167. The van der Waals surface area contributed by atoms with Crippen molar-refractivity contribution in [3.8, 4) is 0 Å². The minimum atomic E-state index is -0.609. The summed E-state index contributed by atoms with van der Waals surface area (Å²) in [5.74, 6) is -0.666. The van der Waals surface area contributed by atoms with Gasteiger partial charge in [0.2, 0.25) is 11.8 Å². The Balaban J connectivity index is 1.71. The van der Waals surface area contributed by atoms with Gasteiger partial charge in [-0.25, -0.2) is 4.90 Å². The lowest BCUT2D eigenvalue weighted by Gasteiger charge is -2.16. The number of nitrogens with one attached hydrogen (secondary N) is 2. The number of hydrogen-bond acceptors (Lipinski definition) is 4. The third kappa shape index (κ3) is 3.88. The highest BCUT2D eigenvalue weighted by Gasteiger charge is 2.39. The monoisotopic (exact) mass is 401 g/mol. The second-order valence-electron chi connectivity index (χ2n) is 5.70. The third-order valence-corrected chi connectivity index (χ3v) is 4.31. The molecule has 2 aromatic carbocycles. The van der Waals surface area contributed by atoms with Gasteiger partial charge in [-0.2, -0.15) is 0 Å². The van der Waals surface area contributed by atoms with Gasteiger partial charge in [0.25, 0.3) is 5.91 Å². The van der Waals surface area contributed by atoms with Gasteiger partial charge in [0.15, 0.2) is 0 Å². The van der Waals surface area contributed by atoms with Crippen molar-refractivity contribution in [2.45, 2.75) is 19.4 Å². The maximum atomic E-state index is 12.6. The van der Waals surface area contributed by atoms with Crippen LogP contribution in [0.4, 0.5) is 17.1 Å². The maximum absolute atomic E-state index is 12.6. The number of amides is 3. The summed E-state index contributed by atoms with van der Waals surface area (Å²) < 4.78 is 0.879. The standard InChI is InChI=1S/C18H16BrN3O3/c1-11(23)20-13-4-6-14(7-5-13)21-16-10-17(24)22(18(16)25)15-8-2-12(19)3-9-15/h2-9,16,21H,10H2,1H3,(H,20,23)/t16-/m1/s1. The molecular weight excluding hydrogens is 386 g/mol. The van der Waals surface area contributed by atoms with E-state index >= 15 is 0 Å². The number of imide groups is 1. The Morgan fingerprint density at radius 2 is 1.64 bits per heavy atom. The van der Waals surface area contributed by atoms with E-state index in [-0.39, 0.29) is 24.1 Å². The molecule has 0 radical (unpaired) electrons. The number of anilines is 3. The molecule has 0 unspecified atom stereocenters. The van der Waals surface area contributed by atoms with Gasteiger partial charge in [0.05, 0.1) is 12.1 Å². The van der Waals surface area contributed by atoms with Crippen LogP contribution in [0.15, 0.2) is 53.0 Å². The van der Waals surface area contributed by atoms with E-state index in [1.54, 1.807) is 48.5 Å². The minimum absolute atomic E-state index is 0.0995. The Morgan fingerprint density at radius 1 is 1.04 bits per heavy atom. The van der Waals surface area contributed by atoms with Crippen molar-refractivity contribution in [1.29, 1.82) is 0 Å². The Morgan fingerprint density at radius 3 is 2.24 bits per heavy atom. The first-order chi connectivity index (χ1) is 11.9. The van der Waals surface area contributed by atoms with Gasteiger partial charge in [0.1, 0.15) is 6.04 Å². The zero-order chi connectivity index (χ0) is 18.0. The minimum Gasteiger partial charge on any atom is -0.373 e. The number of benzene rings is 2. The molecule has 7 heteroatoms. The number of carbonyl (C=O) groups is 3. The van der Waals surface area contributed by atoms with Crippen LogP contribution in [0.1, 0.15) is 13.3 Å². The van der Waals surface area contributed by atoms with Crippen LogP contribution in [-0.4, -0.2) is 23.8 Å². The molecule has 1 fully saturated rings. The van der Waals surface area contributed by atoms with Gasteiger partial charge in [-0.05, 0) is 48.5 Å². The fourth-order valence-corrected chi connectivity index (χ4v) is 2.92. The fourth-order valence-electron chi connectivity index (χ4n) is 2.66. The first-order valence-corrected chi connectivity index (χ1v) is 8.50. The van der Waals surface area contributed by atoms with Gasteiger partial charge in [0, 0.05) is 22.8 Å². The molecule has 0 bridgehead atoms. The zero-order valence-electron chi connectivity index (χ0n) is 13.5. The zero-order valence-corrected chi connectivity index (χ0v) is 15.0. The van der Waals surface area contributed by atoms with E-state index in [9.17, 15) is 14.4 Å². The van der Waals surface area contributed by atoms with Crippen LogP contribution in [0.5, 0.6) is 0 Å². The summed E-state index contributed by atoms with van der Waals surface area (Å²) in [4.78, 5) is 37.1. The smallest absolute Gasteiger partial charge is 0.256 e. The van der Waals surface area contributed by atoms with Gasteiger partial charge < -0.3 is 10.6 Å². The number of rotatable bonds is 4. The molecule has 25 heavy (non-hydrogen) atoms. The molecule has 0 spiro atoms. The second-order valence-corrected chi connectivity index (χ2v) is 6.62. The van der Waals surface area contributed by atoms with Crippen molar-refractivity contribution >= 4 is 50.7 Å². The molecule has 3 rings (SSSR count). The molecule has 1 aliphatic rings. The van der Waals surface area contributed by atoms with Crippen molar-refractivity contribution in [1.82, 2.24) is 0 Å². The summed E-state index contributed by atoms with van der Waals surface area (Å²) in [5.41, 5.74) is 1.93. The highest BCUT2D eigenvalue weighted by Crippen LogP contribution is 2.26. The van der Waals surface area contributed by atoms with Crippen LogP contribution < -0.4 is 15.5 Å². The van der Waals surface area contributed by atoms with Crippen LogP contribution in [0.2, 0.25) is 0 Å². The summed E-state index contributed by atoms with van der Waals surface area (Å²) in [7, 11) is 0. The van der Waals surface area contributed by atoms with Crippen molar-refractivity contribution in [3.05, 3.63) is 53.0 Å². The molecule has 6 nitrogen and oxygen atoms in total. The normalized spacial score (nSPS) is 16.9. The summed E-state index contributed by atoms with van der Waals surface area (Å²) in [5, 5.41) is 5.75. The molecule has 0 aromatic heterocycles. The van der Waals surface area contributed by atoms with Crippen molar-refractivity contribution in [2.75, 3.05) is 15.5 Å². The third-order valence-electron chi connectivity index (χ3n) is 3.78. The number of carbonyl (C=O) groups excluding carboxylic acids is 3. The molecule has 0 saturated carbocycles. The quantitative estimate of drug-likeness (QED) is 0.771. The Bertz CT molecular complexity index is 818. The van der Waals surface area contributed by atoms with E-state index in [0.29, 0.717) is 17.1 Å². The van der Waals surface area contributed by atoms with E-state index in [1.807, 2.05) is 0 Å². The first kappa shape index (κ1) is 17.2. The first-order valence-electron chi connectivity index (χ1n) is 7.70. The highest BCUT2D eigenvalue weighted by atomic mass is 79.9. The average molecular weight is 402 g/mol. The van der Waals surface area contributed by atoms with E-state index in [0.717, 1.165) is 4.47 Å². The molecule has 1 heterocycles. The number of halogens is 1. The van der Waals surface area contributed by atoms with Crippen LogP contribution in [-0.2, 0) is 14.4 Å². The molecule has 1 aliphatic heterocycles. The average Bonchev–Trinajstić information content (AvgIpc) is 2.84. The lowest BCUT2D eigenvalue weighted by atomic mass is 10.2. The lowest BCUT2D eigenvalue weighted by Crippen LogP contribution is -2.34. The molecule has 128 valence electrons. The molecule has 2 N–H and O–H groups in total. The van der Waals surface area contributed by atoms with Gasteiger partial charge >= 0.3 is 0 Å². The van der Waals surface area contributed by atoms with Crippen molar-refractivity contribution < 1.29 is 14.4 Å². The molecular formula is C18H16BrN3O3. The molecule has 1 saturated heterocycles. The Labute approximate surface area is 153 Å². The molecule has 1 atom stereocenters. The summed E-state index contributed by atoms with van der Waals surface area (Å²) in [6.07, 6.45) is 0.0995. The van der Waals surface area contributed by atoms with Crippen LogP contribution in [0.25, 0.3) is 0 Å². The van der Waals surface area contributed by atoms with Crippen molar-refractivity contribution in [2.24, 2.45) is 0 Å². The van der Waals surface area contributed by atoms with E-state index in [1.165, 1.54) is 11.8 Å². The maximum Gasteiger partial charge on any atom is 0.256 e. The Hall–Kier alpha value is -2.67. The van der Waals surface area contributed by atoms with Crippen molar-refractivity contribution in [3.63, 3.8) is 0 Å². The van der Waals surface area contributed by atoms with E-state index in [4.69, 9.17) is 0 Å². The van der Waals surface area contributed by atoms with Crippen LogP contribution in [0, 0.1) is 0 Å². The molecule has 0 aliphatic carbocycles. The van der Waals surface area contributed by atoms with Gasteiger partial charge in [-0.1, -0.05) is 15.9 Å².